The highest BCUT2D eigenvalue weighted by Gasteiger charge is 2.14. The van der Waals surface area contributed by atoms with Crippen molar-refractivity contribution < 1.29 is 9.13 Å². The van der Waals surface area contributed by atoms with Crippen LogP contribution in [0.3, 0.4) is 0 Å². The number of benzene rings is 1. The molecule has 1 heterocycles. The van der Waals surface area contributed by atoms with Crippen LogP contribution in [0.25, 0.3) is 0 Å². The first-order valence-corrected chi connectivity index (χ1v) is 5.94. The van der Waals surface area contributed by atoms with Crippen LogP contribution < -0.4 is 5.32 Å². The summed E-state index contributed by atoms with van der Waals surface area (Å²) in [5.74, 6) is -0.385. The summed E-state index contributed by atoms with van der Waals surface area (Å²) >= 11 is 5.60. The maximum absolute atomic E-state index is 13.1. The van der Waals surface area contributed by atoms with E-state index in [9.17, 15) is 4.39 Å². The number of halogens is 2. The predicted molar refractivity (Wildman–Crippen MR) is 63.5 cm³/mol. The van der Waals surface area contributed by atoms with Gasteiger partial charge in [0.05, 0.1) is 11.1 Å². The molecule has 1 atom stereocenters. The molecule has 1 aliphatic rings. The van der Waals surface area contributed by atoms with Crippen LogP contribution in [0.2, 0.25) is 5.02 Å². The van der Waals surface area contributed by atoms with Gasteiger partial charge >= 0.3 is 0 Å². The number of hydrogen-bond acceptors (Lipinski definition) is 2. The van der Waals surface area contributed by atoms with Crippen LogP contribution in [0.15, 0.2) is 18.2 Å². The van der Waals surface area contributed by atoms with Crippen molar-refractivity contribution in [3.63, 3.8) is 0 Å². The maximum Gasteiger partial charge on any atom is 0.143 e. The van der Waals surface area contributed by atoms with Gasteiger partial charge in [-0.1, -0.05) is 11.6 Å². The first-order chi connectivity index (χ1) is 7.75. The third-order valence-electron chi connectivity index (χ3n) is 2.74. The van der Waals surface area contributed by atoms with Crippen LogP contribution in [-0.4, -0.2) is 19.3 Å². The van der Waals surface area contributed by atoms with Gasteiger partial charge in [0.2, 0.25) is 0 Å². The second-order valence-corrected chi connectivity index (χ2v) is 4.39. The number of nitrogens with one attached hydrogen (secondary N) is 1. The Morgan fingerprint density at radius 3 is 3.06 bits per heavy atom. The van der Waals surface area contributed by atoms with Gasteiger partial charge in [0, 0.05) is 18.8 Å². The van der Waals surface area contributed by atoms with Crippen molar-refractivity contribution in [1.82, 2.24) is 0 Å². The second kappa shape index (κ2) is 5.51. The largest absolute Gasteiger partial charge is 0.385 e. The summed E-state index contributed by atoms with van der Waals surface area (Å²) in [7, 11) is 0. The molecular formula is C12H15ClFNO. The zero-order valence-corrected chi connectivity index (χ0v) is 9.77. The van der Waals surface area contributed by atoms with Gasteiger partial charge in [0.1, 0.15) is 5.82 Å². The molecule has 1 unspecified atom stereocenters. The zero-order valence-electron chi connectivity index (χ0n) is 9.01. The van der Waals surface area contributed by atoms with Gasteiger partial charge < -0.3 is 10.1 Å². The van der Waals surface area contributed by atoms with E-state index in [1.165, 1.54) is 6.07 Å². The summed E-state index contributed by atoms with van der Waals surface area (Å²) in [5, 5.41) is 3.32. The van der Waals surface area contributed by atoms with Crippen LogP contribution in [0.4, 0.5) is 10.1 Å². The topological polar surface area (TPSA) is 21.3 Å². The molecule has 1 aromatic carbocycles. The van der Waals surface area contributed by atoms with Gasteiger partial charge in [-0.2, -0.15) is 0 Å². The molecule has 1 aromatic rings. The Kier molecular flexibility index (Phi) is 4.02. The van der Waals surface area contributed by atoms with Crippen molar-refractivity contribution in [3.05, 3.63) is 29.0 Å². The lowest BCUT2D eigenvalue weighted by atomic mass is 10.2. The highest BCUT2D eigenvalue weighted by atomic mass is 35.5. The molecule has 1 aliphatic heterocycles. The van der Waals surface area contributed by atoms with Crippen molar-refractivity contribution in [2.45, 2.75) is 25.4 Å². The van der Waals surface area contributed by atoms with Crippen molar-refractivity contribution in [2.24, 2.45) is 0 Å². The van der Waals surface area contributed by atoms with E-state index in [4.69, 9.17) is 16.3 Å². The molecule has 0 aromatic heterocycles. The summed E-state index contributed by atoms with van der Waals surface area (Å²) in [6.45, 7) is 1.67. The lowest BCUT2D eigenvalue weighted by molar-refractivity contribution is 0.107. The summed E-state index contributed by atoms with van der Waals surface area (Å²) in [6, 6.07) is 4.75. The third kappa shape index (κ3) is 3.09. The molecule has 2 nitrogen and oxygen atoms in total. The minimum absolute atomic E-state index is 0.157. The molecule has 88 valence electrons. The molecule has 0 saturated carbocycles. The highest BCUT2D eigenvalue weighted by Crippen LogP contribution is 2.19. The second-order valence-electron chi connectivity index (χ2n) is 3.98. The van der Waals surface area contributed by atoms with Gasteiger partial charge in [-0.15, -0.1) is 0 Å². The maximum atomic E-state index is 13.1. The van der Waals surface area contributed by atoms with Crippen molar-refractivity contribution in [1.29, 1.82) is 0 Å². The van der Waals surface area contributed by atoms with E-state index in [1.54, 1.807) is 12.1 Å². The SMILES string of the molecule is Fc1cc(NCCC2CCCO2)ccc1Cl. The quantitative estimate of drug-likeness (QED) is 0.875. The highest BCUT2D eigenvalue weighted by molar-refractivity contribution is 6.30. The van der Waals surface area contributed by atoms with Gasteiger partial charge in [-0.05, 0) is 37.5 Å². The van der Waals surface area contributed by atoms with E-state index in [0.29, 0.717) is 6.10 Å². The molecular weight excluding hydrogens is 229 g/mol. The minimum atomic E-state index is -0.385. The van der Waals surface area contributed by atoms with Crippen molar-refractivity contribution >= 4 is 17.3 Å². The summed E-state index contributed by atoms with van der Waals surface area (Å²) < 4.78 is 18.6. The molecule has 0 amide bonds. The van der Waals surface area contributed by atoms with E-state index in [0.717, 1.165) is 38.1 Å². The number of anilines is 1. The van der Waals surface area contributed by atoms with Crippen LogP contribution in [0.5, 0.6) is 0 Å². The van der Waals surface area contributed by atoms with E-state index >= 15 is 0 Å². The summed E-state index contributed by atoms with van der Waals surface area (Å²) in [6.07, 6.45) is 3.62. The molecule has 1 fully saturated rings. The Labute approximate surface area is 99.7 Å². The fourth-order valence-electron chi connectivity index (χ4n) is 1.86. The molecule has 2 rings (SSSR count). The minimum Gasteiger partial charge on any atom is -0.385 e. The Morgan fingerprint density at radius 2 is 2.38 bits per heavy atom. The zero-order chi connectivity index (χ0) is 11.4. The summed E-state index contributed by atoms with van der Waals surface area (Å²) in [5.41, 5.74) is 0.764. The fraction of sp³-hybridized carbons (Fsp3) is 0.500. The third-order valence-corrected chi connectivity index (χ3v) is 3.05. The lowest BCUT2D eigenvalue weighted by Gasteiger charge is -2.11. The molecule has 4 heteroatoms. The molecule has 0 spiro atoms. The number of ether oxygens (including phenoxy) is 1. The van der Waals surface area contributed by atoms with E-state index in [-0.39, 0.29) is 10.8 Å². The molecule has 1 saturated heterocycles. The molecule has 0 aliphatic carbocycles. The van der Waals surface area contributed by atoms with Crippen LogP contribution in [0, 0.1) is 5.82 Å². The Bertz CT molecular complexity index is 353. The lowest BCUT2D eigenvalue weighted by Crippen LogP contribution is -2.12. The molecule has 0 bridgehead atoms. The number of hydrogen-bond donors (Lipinski definition) is 1. The predicted octanol–water partition coefficient (Wildman–Crippen LogP) is 3.46. The standard InChI is InChI=1S/C12H15ClFNO/c13-11-4-3-9(8-12(11)14)15-6-5-10-2-1-7-16-10/h3-4,8,10,15H,1-2,5-7H2. The Hall–Kier alpha value is -0.800. The van der Waals surface area contributed by atoms with Gasteiger partial charge in [-0.25, -0.2) is 4.39 Å². The Morgan fingerprint density at radius 1 is 1.50 bits per heavy atom. The van der Waals surface area contributed by atoms with Crippen LogP contribution in [-0.2, 0) is 4.74 Å². The first-order valence-electron chi connectivity index (χ1n) is 5.56. The van der Waals surface area contributed by atoms with E-state index in [1.807, 2.05) is 0 Å². The average molecular weight is 244 g/mol. The van der Waals surface area contributed by atoms with Crippen LogP contribution in [0.1, 0.15) is 19.3 Å². The number of rotatable bonds is 4. The van der Waals surface area contributed by atoms with Crippen molar-refractivity contribution in [3.8, 4) is 0 Å². The van der Waals surface area contributed by atoms with Gasteiger partial charge in [0.15, 0.2) is 0 Å². The van der Waals surface area contributed by atoms with Crippen molar-refractivity contribution in [2.75, 3.05) is 18.5 Å². The first kappa shape index (κ1) is 11.7. The monoisotopic (exact) mass is 243 g/mol. The smallest absolute Gasteiger partial charge is 0.143 e. The molecule has 0 radical (unpaired) electrons. The van der Waals surface area contributed by atoms with Gasteiger partial charge in [0.25, 0.3) is 0 Å². The van der Waals surface area contributed by atoms with Gasteiger partial charge in [-0.3, -0.25) is 0 Å². The van der Waals surface area contributed by atoms with E-state index < -0.39 is 0 Å². The summed E-state index contributed by atoms with van der Waals surface area (Å²) in [4.78, 5) is 0. The van der Waals surface area contributed by atoms with Crippen LogP contribution >= 0.6 is 11.6 Å². The van der Waals surface area contributed by atoms with E-state index in [2.05, 4.69) is 5.32 Å². The average Bonchev–Trinajstić information content (AvgIpc) is 2.76. The Balaban J connectivity index is 1.78. The molecule has 1 N–H and O–H groups in total. The fourth-order valence-corrected chi connectivity index (χ4v) is 1.97. The normalized spacial score (nSPS) is 20.0. The molecule has 16 heavy (non-hydrogen) atoms.